The van der Waals surface area contributed by atoms with Crippen molar-refractivity contribution in [2.75, 3.05) is 23.7 Å². The highest BCUT2D eigenvalue weighted by molar-refractivity contribution is 5.39. The Morgan fingerprint density at radius 3 is 2.75 bits per heavy atom. The Morgan fingerprint density at radius 2 is 1.95 bits per heavy atom. The third-order valence-electron chi connectivity index (χ3n) is 2.85. The van der Waals surface area contributed by atoms with E-state index in [1.54, 1.807) is 18.3 Å². The van der Waals surface area contributed by atoms with Crippen LogP contribution in [0.2, 0.25) is 0 Å². The number of nitrogens with zero attached hydrogens (tertiary/aromatic N) is 2. The van der Waals surface area contributed by atoms with Crippen LogP contribution >= 0.6 is 0 Å². The van der Waals surface area contributed by atoms with Gasteiger partial charge in [-0.05, 0) is 30.5 Å². The van der Waals surface area contributed by atoms with Gasteiger partial charge in [0.25, 0.3) is 0 Å². The third-order valence-corrected chi connectivity index (χ3v) is 2.85. The Morgan fingerprint density at radius 1 is 1.10 bits per heavy atom. The van der Waals surface area contributed by atoms with Gasteiger partial charge in [0.05, 0.1) is 0 Å². The predicted molar refractivity (Wildman–Crippen MR) is 79.4 cm³/mol. The van der Waals surface area contributed by atoms with Crippen LogP contribution in [-0.4, -0.2) is 23.1 Å². The number of anilines is 2. The molecule has 0 fully saturated rings. The van der Waals surface area contributed by atoms with Crippen molar-refractivity contribution in [3.8, 4) is 0 Å². The second-order valence-corrected chi connectivity index (χ2v) is 4.46. The molecular formula is C15H19FN4. The zero-order valence-electron chi connectivity index (χ0n) is 11.6. The lowest BCUT2D eigenvalue weighted by atomic mass is 10.1. The molecule has 0 aliphatic heterocycles. The molecule has 0 spiro atoms. The van der Waals surface area contributed by atoms with E-state index in [2.05, 4.69) is 27.5 Å². The van der Waals surface area contributed by atoms with Gasteiger partial charge in [-0.15, -0.1) is 0 Å². The van der Waals surface area contributed by atoms with Crippen LogP contribution in [-0.2, 0) is 6.42 Å². The SMILES string of the molecule is CCCNc1ccnc(NCCc2ccccc2F)n1. The molecule has 0 unspecified atom stereocenters. The highest BCUT2D eigenvalue weighted by Gasteiger charge is 2.02. The molecule has 0 atom stereocenters. The van der Waals surface area contributed by atoms with Crippen molar-refractivity contribution in [2.24, 2.45) is 0 Å². The van der Waals surface area contributed by atoms with Crippen LogP contribution in [0.15, 0.2) is 36.5 Å². The van der Waals surface area contributed by atoms with E-state index >= 15 is 0 Å². The lowest BCUT2D eigenvalue weighted by Crippen LogP contribution is -2.10. The van der Waals surface area contributed by atoms with Crippen LogP contribution in [0.4, 0.5) is 16.2 Å². The van der Waals surface area contributed by atoms with Gasteiger partial charge in [-0.2, -0.15) is 4.98 Å². The summed E-state index contributed by atoms with van der Waals surface area (Å²) in [6.45, 7) is 3.58. The summed E-state index contributed by atoms with van der Waals surface area (Å²) in [5.41, 5.74) is 0.695. The summed E-state index contributed by atoms with van der Waals surface area (Å²) in [5, 5.41) is 6.31. The number of hydrogen-bond acceptors (Lipinski definition) is 4. The van der Waals surface area contributed by atoms with Crippen LogP contribution in [0.1, 0.15) is 18.9 Å². The van der Waals surface area contributed by atoms with Crippen molar-refractivity contribution in [2.45, 2.75) is 19.8 Å². The van der Waals surface area contributed by atoms with Crippen molar-refractivity contribution in [3.63, 3.8) is 0 Å². The predicted octanol–water partition coefficient (Wildman–Crippen LogP) is 3.09. The molecule has 0 bridgehead atoms. The van der Waals surface area contributed by atoms with Gasteiger partial charge in [0, 0.05) is 19.3 Å². The van der Waals surface area contributed by atoms with Crippen molar-refractivity contribution in [3.05, 3.63) is 47.9 Å². The quantitative estimate of drug-likeness (QED) is 0.814. The molecule has 2 rings (SSSR count). The zero-order valence-corrected chi connectivity index (χ0v) is 11.6. The first kappa shape index (κ1) is 14.2. The second-order valence-electron chi connectivity index (χ2n) is 4.46. The highest BCUT2D eigenvalue weighted by atomic mass is 19.1. The molecule has 0 saturated carbocycles. The van der Waals surface area contributed by atoms with E-state index in [0.717, 1.165) is 18.8 Å². The molecule has 1 aromatic carbocycles. The maximum atomic E-state index is 13.4. The van der Waals surface area contributed by atoms with Crippen molar-refractivity contribution >= 4 is 11.8 Å². The fourth-order valence-electron chi connectivity index (χ4n) is 1.81. The molecule has 0 aliphatic carbocycles. The monoisotopic (exact) mass is 274 g/mol. The molecule has 0 aliphatic rings. The molecule has 1 aromatic heterocycles. The summed E-state index contributed by atoms with van der Waals surface area (Å²) in [7, 11) is 0. The molecule has 106 valence electrons. The molecular weight excluding hydrogens is 255 g/mol. The van der Waals surface area contributed by atoms with Gasteiger partial charge in [0.15, 0.2) is 0 Å². The molecule has 2 aromatic rings. The van der Waals surface area contributed by atoms with Gasteiger partial charge in [-0.3, -0.25) is 0 Å². The fourth-order valence-corrected chi connectivity index (χ4v) is 1.81. The van der Waals surface area contributed by atoms with Crippen LogP contribution in [0, 0.1) is 5.82 Å². The average molecular weight is 274 g/mol. The minimum atomic E-state index is -0.173. The van der Waals surface area contributed by atoms with Crippen molar-refractivity contribution < 1.29 is 4.39 Å². The van der Waals surface area contributed by atoms with Crippen molar-refractivity contribution in [1.82, 2.24) is 9.97 Å². The van der Waals surface area contributed by atoms with E-state index in [4.69, 9.17) is 0 Å². The van der Waals surface area contributed by atoms with Crippen LogP contribution in [0.25, 0.3) is 0 Å². The van der Waals surface area contributed by atoms with Gasteiger partial charge >= 0.3 is 0 Å². The highest BCUT2D eigenvalue weighted by Crippen LogP contribution is 2.08. The van der Waals surface area contributed by atoms with Gasteiger partial charge < -0.3 is 10.6 Å². The fraction of sp³-hybridized carbons (Fsp3) is 0.333. The number of rotatable bonds is 7. The Balaban J connectivity index is 1.86. The Kier molecular flexibility index (Phi) is 5.29. The summed E-state index contributed by atoms with van der Waals surface area (Å²) in [5.74, 6) is 1.19. The number of aromatic nitrogens is 2. The molecule has 5 heteroatoms. The maximum absolute atomic E-state index is 13.4. The zero-order chi connectivity index (χ0) is 14.2. The van der Waals surface area contributed by atoms with Gasteiger partial charge in [-0.1, -0.05) is 25.1 Å². The summed E-state index contributed by atoms with van der Waals surface area (Å²) in [4.78, 5) is 8.48. The van der Waals surface area contributed by atoms with E-state index in [0.29, 0.717) is 24.5 Å². The molecule has 0 radical (unpaired) electrons. The number of halogens is 1. The molecule has 20 heavy (non-hydrogen) atoms. The number of benzene rings is 1. The summed E-state index contributed by atoms with van der Waals surface area (Å²) in [6, 6.07) is 8.62. The first-order valence-electron chi connectivity index (χ1n) is 6.84. The molecule has 1 heterocycles. The molecule has 0 saturated heterocycles. The lowest BCUT2D eigenvalue weighted by molar-refractivity contribution is 0.610. The lowest BCUT2D eigenvalue weighted by Gasteiger charge is -2.08. The van der Waals surface area contributed by atoms with Crippen LogP contribution in [0.5, 0.6) is 0 Å². The Hall–Kier alpha value is -2.17. The van der Waals surface area contributed by atoms with Crippen LogP contribution in [0.3, 0.4) is 0 Å². The minimum absolute atomic E-state index is 0.173. The summed E-state index contributed by atoms with van der Waals surface area (Å²) in [6.07, 6.45) is 3.35. The maximum Gasteiger partial charge on any atom is 0.224 e. The molecule has 4 nitrogen and oxygen atoms in total. The third kappa shape index (κ3) is 4.19. The standard InChI is InChI=1S/C15H19FN4/c1-2-9-17-14-8-11-19-15(20-14)18-10-7-12-5-3-4-6-13(12)16/h3-6,8,11H,2,7,9-10H2,1H3,(H2,17,18,19,20). The smallest absolute Gasteiger partial charge is 0.224 e. The van der Waals surface area contributed by atoms with Gasteiger partial charge in [0.2, 0.25) is 5.95 Å². The second kappa shape index (κ2) is 7.43. The largest absolute Gasteiger partial charge is 0.370 e. The van der Waals surface area contributed by atoms with Gasteiger partial charge in [-0.25, -0.2) is 9.37 Å². The van der Waals surface area contributed by atoms with E-state index in [1.807, 2.05) is 12.1 Å². The Bertz CT molecular complexity index is 545. The Labute approximate surface area is 118 Å². The first-order valence-corrected chi connectivity index (χ1v) is 6.84. The summed E-state index contributed by atoms with van der Waals surface area (Å²) >= 11 is 0. The molecule has 0 amide bonds. The topological polar surface area (TPSA) is 49.8 Å². The van der Waals surface area contributed by atoms with Gasteiger partial charge in [0.1, 0.15) is 11.6 Å². The summed E-state index contributed by atoms with van der Waals surface area (Å²) < 4.78 is 13.4. The van der Waals surface area contributed by atoms with Crippen molar-refractivity contribution in [1.29, 1.82) is 0 Å². The van der Waals surface area contributed by atoms with E-state index in [9.17, 15) is 4.39 Å². The van der Waals surface area contributed by atoms with E-state index < -0.39 is 0 Å². The van der Waals surface area contributed by atoms with E-state index in [-0.39, 0.29) is 5.82 Å². The van der Waals surface area contributed by atoms with Crippen LogP contribution < -0.4 is 10.6 Å². The number of hydrogen-bond donors (Lipinski definition) is 2. The average Bonchev–Trinajstić information content (AvgIpc) is 2.48. The molecule has 2 N–H and O–H groups in total. The number of nitrogens with one attached hydrogen (secondary N) is 2. The normalized spacial score (nSPS) is 10.3. The minimum Gasteiger partial charge on any atom is -0.370 e. The van der Waals surface area contributed by atoms with E-state index in [1.165, 1.54) is 6.07 Å². The first-order chi connectivity index (χ1) is 9.79.